The van der Waals surface area contributed by atoms with Crippen molar-refractivity contribution in [2.24, 2.45) is 0 Å². The Morgan fingerprint density at radius 2 is 1.89 bits per heavy atom. The van der Waals surface area contributed by atoms with Crippen LogP contribution in [0.1, 0.15) is 21.5 Å². The van der Waals surface area contributed by atoms with E-state index in [0.717, 1.165) is 16.9 Å². The van der Waals surface area contributed by atoms with Gasteiger partial charge in [-0.15, -0.1) is 0 Å². The van der Waals surface area contributed by atoms with Gasteiger partial charge in [0.25, 0.3) is 0 Å². The van der Waals surface area contributed by atoms with Crippen molar-refractivity contribution in [1.29, 1.82) is 0 Å². The van der Waals surface area contributed by atoms with Crippen molar-refractivity contribution in [3.8, 4) is 0 Å². The standard InChI is InChI=1S/C15H15NO2/c1-10-4-3-5-13(8-10)16-14-7-6-12(15(17)18)9-11(14)2/h3-9,16H,1-2H3,(H,17,18). The van der Waals surface area contributed by atoms with E-state index in [9.17, 15) is 4.79 Å². The smallest absolute Gasteiger partial charge is 0.335 e. The lowest BCUT2D eigenvalue weighted by Gasteiger charge is -2.10. The van der Waals surface area contributed by atoms with Gasteiger partial charge >= 0.3 is 5.97 Å². The van der Waals surface area contributed by atoms with E-state index in [-0.39, 0.29) is 0 Å². The number of nitrogens with one attached hydrogen (secondary N) is 1. The van der Waals surface area contributed by atoms with E-state index in [1.807, 2.05) is 38.1 Å². The van der Waals surface area contributed by atoms with Crippen LogP contribution in [0.25, 0.3) is 0 Å². The van der Waals surface area contributed by atoms with Crippen molar-refractivity contribution >= 4 is 17.3 Å². The van der Waals surface area contributed by atoms with Gasteiger partial charge in [-0.2, -0.15) is 0 Å². The molecule has 0 aliphatic rings. The van der Waals surface area contributed by atoms with Crippen LogP contribution in [0, 0.1) is 13.8 Å². The van der Waals surface area contributed by atoms with E-state index >= 15 is 0 Å². The van der Waals surface area contributed by atoms with Gasteiger partial charge in [-0.1, -0.05) is 12.1 Å². The van der Waals surface area contributed by atoms with E-state index in [1.54, 1.807) is 18.2 Å². The number of rotatable bonds is 3. The fourth-order valence-electron chi connectivity index (χ4n) is 1.82. The third-order valence-corrected chi connectivity index (χ3v) is 2.77. The Morgan fingerprint density at radius 1 is 1.11 bits per heavy atom. The highest BCUT2D eigenvalue weighted by Gasteiger charge is 2.05. The van der Waals surface area contributed by atoms with E-state index in [0.29, 0.717) is 5.56 Å². The van der Waals surface area contributed by atoms with Gasteiger partial charge in [-0.05, 0) is 55.3 Å². The van der Waals surface area contributed by atoms with Gasteiger partial charge in [0, 0.05) is 11.4 Å². The first-order chi connectivity index (χ1) is 8.56. The molecule has 0 saturated heterocycles. The first-order valence-electron chi connectivity index (χ1n) is 5.74. The summed E-state index contributed by atoms with van der Waals surface area (Å²) >= 11 is 0. The van der Waals surface area contributed by atoms with Crippen LogP contribution in [0.2, 0.25) is 0 Å². The number of aryl methyl sites for hydroxylation is 2. The Morgan fingerprint density at radius 3 is 2.50 bits per heavy atom. The summed E-state index contributed by atoms with van der Waals surface area (Å²) in [6.07, 6.45) is 0. The predicted octanol–water partition coefficient (Wildman–Crippen LogP) is 3.75. The second-order valence-corrected chi connectivity index (χ2v) is 4.33. The maximum atomic E-state index is 10.8. The molecule has 0 unspecified atom stereocenters. The number of hydrogen-bond donors (Lipinski definition) is 2. The predicted molar refractivity (Wildman–Crippen MR) is 72.6 cm³/mol. The Hall–Kier alpha value is -2.29. The molecule has 0 saturated carbocycles. The molecule has 0 spiro atoms. The minimum atomic E-state index is -0.903. The lowest BCUT2D eigenvalue weighted by molar-refractivity contribution is 0.0697. The minimum Gasteiger partial charge on any atom is -0.478 e. The van der Waals surface area contributed by atoms with Gasteiger partial charge in [0.05, 0.1) is 5.56 Å². The summed E-state index contributed by atoms with van der Waals surface area (Å²) in [4.78, 5) is 10.8. The Bertz CT molecular complexity index is 591. The molecule has 0 heterocycles. The zero-order valence-corrected chi connectivity index (χ0v) is 10.4. The number of aromatic carboxylic acids is 1. The van der Waals surface area contributed by atoms with E-state index < -0.39 is 5.97 Å². The maximum Gasteiger partial charge on any atom is 0.335 e. The molecular formula is C15H15NO2. The van der Waals surface area contributed by atoms with Gasteiger partial charge in [0.1, 0.15) is 0 Å². The van der Waals surface area contributed by atoms with Crippen LogP contribution in [0.3, 0.4) is 0 Å². The Kier molecular flexibility index (Phi) is 3.33. The Labute approximate surface area is 106 Å². The first kappa shape index (κ1) is 12.2. The van der Waals surface area contributed by atoms with E-state index in [4.69, 9.17) is 5.11 Å². The molecule has 92 valence electrons. The van der Waals surface area contributed by atoms with Crippen LogP contribution in [0.15, 0.2) is 42.5 Å². The van der Waals surface area contributed by atoms with Crippen LogP contribution < -0.4 is 5.32 Å². The molecule has 0 atom stereocenters. The molecule has 0 amide bonds. The third-order valence-electron chi connectivity index (χ3n) is 2.77. The number of benzene rings is 2. The molecule has 0 aliphatic heterocycles. The molecule has 0 radical (unpaired) electrons. The van der Waals surface area contributed by atoms with Crippen LogP contribution in [0.4, 0.5) is 11.4 Å². The summed E-state index contributed by atoms with van der Waals surface area (Å²) in [5.74, 6) is -0.903. The molecule has 0 aliphatic carbocycles. The molecule has 0 fully saturated rings. The fourth-order valence-corrected chi connectivity index (χ4v) is 1.82. The number of anilines is 2. The summed E-state index contributed by atoms with van der Waals surface area (Å²) in [7, 11) is 0. The third kappa shape index (κ3) is 2.69. The van der Waals surface area contributed by atoms with Crippen LogP contribution >= 0.6 is 0 Å². The molecule has 3 heteroatoms. The second-order valence-electron chi connectivity index (χ2n) is 4.33. The molecule has 2 N–H and O–H groups in total. The van der Waals surface area contributed by atoms with Gasteiger partial charge in [0.2, 0.25) is 0 Å². The monoisotopic (exact) mass is 241 g/mol. The summed E-state index contributed by atoms with van der Waals surface area (Å²) in [6.45, 7) is 3.93. The van der Waals surface area contributed by atoms with Crippen molar-refractivity contribution in [1.82, 2.24) is 0 Å². The lowest BCUT2D eigenvalue weighted by Crippen LogP contribution is -1.99. The van der Waals surface area contributed by atoms with Crippen molar-refractivity contribution in [3.05, 3.63) is 59.2 Å². The summed E-state index contributed by atoms with van der Waals surface area (Å²) in [5.41, 5.74) is 4.32. The summed E-state index contributed by atoms with van der Waals surface area (Å²) in [5, 5.41) is 12.2. The number of carbonyl (C=O) groups is 1. The molecule has 3 nitrogen and oxygen atoms in total. The molecular weight excluding hydrogens is 226 g/mol. The normalized spacial score (nSPS) is 10.1. The van der Waals surface area contributed by atoms with Crippen molar-refractivity contribution < 1.29 is 9.90 Å². The molecule has 0 aromatic heterocycles. The average molecular weight is 241 g/mol. The van der Waals surface area contributed by atoms with Crippen LogP contribution in [-0.2, 0) is 0 Å². The minimum absolute atomic E-state index is 0.308. The van der Waals surface area contributed by atoms with Crippen LogP contribution in [0.5, 0.6) is 0 Å². The zero-order chi connectivity index (χ0) is 13.1. The van der Waals surface area contributed by atoms with Crippen molar-refractivity contribution in [2.45, 2.75) is 13.8 Å². The van der Waals surface area contributed by atoms with Gasteiger partial charge in [0.15, 0.2) is 0 Å². The topological polar surface area (TPSA) is 49.3 Å². The van der Waals surface area contributed by atoms with Crippen molar-refractivity contribution in [3.63, 3.8) is 0 Å². The highest BCUT2D eigenvalue weighted by molar-refractivity contribution is 5.88. The molecule has 18 heavy (non-hydrogen) atoms. The van der Waals surface area contributed by atoms with Gasteiger partial charge in [-0.3, -0.25) is 0 Å². The maximum absolute atomic E-state index is 10.8. The van der Waals surface area contributed by atoms with Gasteiger partial charge in [-0.25, -0.2) is 4.79 Å². The van der Waals surface area contributed by atoms with Gasteiger partial charge < -0.3 is 10.4 Å². The van der Waals surface area contributed by atoms with E-state index in [1.165, 1.54) is 5.56 Å². The average Bonchev–Trinajstić information content (AvgIpc) is 2.31. The SMILES string of the molecule is Cc1cccc(Nc2ccc(C(=O)O)cc2C)c1. The second kappa shape index (κ2) is 4.92. The molecule has 2 aromatic rings. The number of carboxylic acid groups (broad SMARTS) is 1. The number of carboxylic acids is 1. The molecule has 2 aromatic carbocycles. The van der Waals surface area contributed by atoms with Crippen LogP contribution in [-0.4, -0.2) is 11.1 Å². The lowest BCUT2D eigenvalue weighted by atomic mass is 10.1. The van der Waals surface area contributed by atoms with E-state index in [2.05, 4.69) is 5.32 Å². The highest BCUT2D eigenvalue weighted by atomic mass is 16.4. The fraction of sp³-hybridized carbons (Fsp3) is 0.133. The highest BCUT2D eigenvalue weighted by Crippen LogP contribution is 2.22. The summed E-state index contributed by atoms with van der Waals surface area (Å²) in [6, 6.07) is 13.1. The van der Waals surface area contributed by atoms with Crippen molar-refractivity contribution in [2.75, 3.05) is 5.32 Å². The molecule has 2 rings (SSSR count). The Balaban J connectivity index is 2.27. The summed E-state index contributed by atoms with van der Waals surface area (Å²) < 4.78 is 0. The quantitative estimate of drug-likeness (QED) is 0.860. The number of hydrogen-bond acceptors (Lipinski definition) is 2. The first-order valence-corrected chi connectivity index (χ1v) is 5.74. The largest absolute Gasteiger partial charge is 0.478 e. The zero-order valence-electron chi connectivity index (χ0n) is 10.4. The molecule has 0 bridgehead atoms.